The van der Waals surface area contributed by atoms with Crippen molar-refractivity contribution in [1.82, 2.24) is 0 Å². The van der Waals surface area contributed by atoms with Crippen molar-refractivity contribution in [2.24, 2.45) is 0 Å². The van der Waals surface area contributed by atoms with Crippen LogP contribution in [-0.4, -0.2) is 27.1 Å². The molecule has 2 unspecified atom stereocenters. The van der Waals surface area contributed by atoms with Gasteiger partial charge in [-0.15, -0.1) is 0 Å². The van der Waals surface area contributed by atoms with Gasteiger partial charge in [0.05, 0.1) is 12.7 Å². The molecule has 1 aliphatic rings. The van der Waals surface area contributed by atoms with Gasteiger partial charge >= 0.3 is 0 Å². The lowest BCUT2D eigenvalue weighted by atomic mass is 10.2. The predicted octanol–water partition coefficient (Wildman–Crippen LogP) is 2.80. The number of epoxide rings is 1. The molecule has 1 aliphatic heterocycles. The van der Waals surface area contributed by atoms with E-state index in [0.717, 1.165) is 6.61 Å². The Morgan fingerprint density at radius 3 is 2.15 bits per heavy atom. The molecule has 1 rings (SSSR count). The Hall–Kier alpha value is 0.137. The highest BCUT2D eigenvalue weighted by molar-refractivity contribution is 6.74. The topological polar surface area (TPSA) is 21.8 Å². The van der Waals surface area contributed by atoms with Gasteiger partial charge in [-0.1, -0.05) is 20.8 Å². The third-order valence-corrected chi connectivity index (χ3v) is 7.74. The summed E-state index contributed by atoms with van der Waals surface area (Å²) >= 11 is 0. The zero-order chi connectivity index (χ0) is 10.3. The minimum Gasteiger partial charge on any atom is -0.411 e. The van der Waals surface area contributed by atoms with E-state index in [2.05, 4.69) is 40.8 Å². The largest absolute Gasteiger partial charge is 0.411 e. The molecule has 0 N–H and O–H groups in total. The number of rotatable bonds is 3. The molecule has 0 spiro atoms. The Morgan fingerprint density at radius 2 is 1.85 bits per heavy atom. The number of hydrogen-bond donors (Lipinski definition) is 0. The normalized spacial score (nSPS) is 25.8. The van der Waals surface area contributed by atoms with Gasteiger partial charge in [0.2, 0.25) is 0 Å². The first-order chi connectivity index (χ1) is 5.74. The van der Waals surface area contributed by atoms with Gasteiger partial charge < -0.3 is 9.16 Å². The fourth-order valence-electron chi connectivity index (χ4n) is 1.04. The average Bonchev–Trinajstić information content (AvgIpc) is 2.62. The lowest BCUT2D eigenvalue weighted by molar-refractivity contribution is 0.159. The lowest BCUT2D eigenvalue weighted by Crippen LogP contribution is -2.44. The minimum atomic E-state index is -1.57. The third kappa shape index (κ3) is 2.79. The second kappa shape index (κ2) is 3.37. The van der Waals surface area contributed by atoms with E-state index in [9.17, 15) is 0 Å². The van der Waals surface area contributed by atoms with Crippen molar-refractivity contribution in [2.75, 3.05) is 6.61 Å². The lowest BCUT2D eigenvalue weighted by Gasteiger charge is -2.38. The summed E-state index contributed by atoms with van der Waals surface area (Å²) in [6, 6.07) is 0. The van der Waals surface area contributed by atoms with E-state index < -0.39 is 8.32 Å². The zero-order valence-electron chi connectivity index (χ0n) is 9.68. The second-order valence-corrected chi connectivity index (χ2v) is 10.2. The van der Waals surface area contributed by atoms with Crippen LogP contribution in [0.15, 0.2) is 0 Å². The maximum absolute atomic E-state index is 6.14. The first kappa shape index (κ1) is 11.2. The molecule has 2 atom stereocenters. The van der Waals surface area contributed by atoms with Crippen LogP contribution in [0.1, 0.15) is 27.7 Å². The molecule has 0 amide bonds. The van der Waals surface area contributed by atoms with Crippen molar-refractivity contribution in [2.45, 2.75) is 58.0 Å². The molecule has 13 heavy (non-hydrogen) atoms. The standard InChI is InChI=1S/C10H22O2Si/c1-8(9-7-11-9)12-13(5,6)10(2,3)4/h8-9H,7H2,1-6H3. The third-order valence-electron chi connectivity index (χ3n) is 3.17. The minimum absolute atomic E-state index is 0.279. The van der Waals surface area contributed by atoms with Crippen LogP contribution >= 0.6 is 0 Å². The highest BCUT2D eigenvalue weighted by atomic mass is 28.4. The molecule has 0 bridgehead atoms. The highest BCUT2D eigenvalue weighted by Crippen LogP contribution is 2.38. The summed E-state index contributed by atoms with van der Waals surface area (Å²) in [5.41, 5.74) is 0. The van der Waals surface area contributed by atoms with E-state index in [0.29, 0.717) is 11.1 Å². The van der Waals surface area contributed by atoms with E-state index in [1.54, 1.807) is 0 Å². The SMILES string of the molecule is CC(O[Si](C)(C)C(C)(C)C)C1CO1. The average molecular weight is 202 g/mol. The summed E-state index contributed by atoms with van der Waals surface area (Å²) in [5, 5.41) is 0.302. The molecule has 1 heterocycles. The fourth-order valence-corrected chi connectivity index (χ4v) is 2.48. The second-order valence-electron chi connectivity index (χ2n) is 5.46. The molecule has 0 aromatic heterocycles. The van der Waals surface area contributed by atoms with Crippen LogP contribution in [0.2, 0.25) is 18.1 Å². The van der Waals surface area contributed by atoms with E-state index in [1.165, 1.54) is 0 Å². The summed E-state index contributed by atoms with van der Waals surface area (Å²) in [5.74, 6) is 0. The Kier molecular flexibility index (Phi) is 2.91. The summed E-state index contributed by atoms with van der Waals surface area (Å²) in [4.78, 5) is 0. The maximum atomic E-state index is 6.14. The van der Waals surface area contributed by atoms with Gasteiger partial charge in [0.25, 0.3) is 0 Å². The summed E-state index contributed by atoms with van der Waals surface area (Å²) < 4.78 is 11.4. The number of ether oxygens (including phenoxy) is 1. The summed E-state index contributed by atoms with van der Waals surface area (Å²) in [7, 11) is -1.57. The zero-order valence-corrected chi connectivity index (χ0v) is 10.7. The van der Waals surface area contributed by atoms with Crippen molar-refractivity contribution >= 4 is 8.32 Å². The Labute approximate surface area is 82.7 Å². The van der Waals surface area contributed by atoms with Gasteiger partial charge in [0.15, 0.2) is 8.32 Å². The molecule has 0 saturated carbocycles. The van der Waals surface area contributed by atoms with Gasteiger partial charge in [-0.2, -0.15) is 0 Å². The van der Waals surface area contributed by atoms with Crippen LogP contribution in [0.4, 0.5) is 0 Å². The molecule has 0 aliphatic carbocycles. The molecule has 0 radical (unpaired) electrons. The fraction of sp³-hybridized carbons (Fsp3) is 1.00. The van der Waals surface area contributed by atoms with E-state index in [1.807, 2.05) is 0 Å². The van der Waals surface area contributed by atoms with Crippen LogP contribution < -0.4 is 0 Å². The van der Waals surface area contributed by atoms with Gasteiger partial charge in [-0.05, 0) is 25.1 Å². The van der Waals surface area contributed by atoms with Gasteiger partial charge in [-0.3, -0.25) is 0 Å². The maximum Gasteiger partial charge on any atom is 0.192 e. The molecule has 2 nitrogen and oxygen atoms in total. The quantitative estimate of drug-likeness (QED) is 0.518. The molecule has 0 aromatic carbocycles. The molecular formula is C10H22O2Si. The number of hydrogen-bond acceptors (Lipinski definition) is 2. The van der Waals surface area contributed by atoms with E-state index in [4.69, 9.17) is 9.16 Å². The van der Waals surface area contributed by atoms with E-state index >= 15 is 0 Å². The van der Waals surface area contributed by atoms with Crippen LogP contribution in [0.25, 0.3) is 0 Å². The molecule has 1 fully saturated rings. The Morgan fingerprint density at radius 1 is 1.38 bits per heavy atom. The van der Waals surface area contributed by atoms with Crippen LogP contribution in [0.3, 0.4) is 0 Å². The van der Waals surface area contributed by atoms with Crippen molar-refractivity contribution in [3.8, 4) is 0 Å². The summed E-state index contributed by atoms with van der Waals surface area (Å²) in [6.07, 6.45) is 0.648. The molecule has 78 valence electrons. The van der Waals surface area contributed by atoms with Crippen LogP contribution in [0, 0.1) is 0 Å². The van der Waals surface area contributed by atoms with Gasteiger partial charge in [-0.25, -0.2) is 0 Å². The van der Waals surface area contributed by atoms with Crippen LogP contribution in [0.5, 0.6) is 0 Å². The monoisotopic (exact) mass is 202 g/mol. The first-order valence-corrected chi connectivity index (χ1v) is 7.94. The van der Waals surface area contributed by atoms with Crippen molar-refractivity contribution in [1.29, 1.82) is 0 Å². The predicted molar refractivity (Wildman–Crippen MR) is 57.5 cm³/mol. The molecular weight excluding hydrogens is 180 g/mol. The smallest absolute Gasteiger partial charge is 0.192 e. The Bertz CT molecular complexity index is 180. The van der Waals surface area contributed by atoms with Crippen molar-refractivity contribution in [3.63, 3.8) is 0 Å². The first-order valence-electron chi connectivity index (χ1n) is 5.03. The van der Waals surface area contributed by atoms with Crippen LogP contribution in [-0.2, 0) is 9.16 Å². The van der Waals surface area contributed by atoms with Crippen molar-refractivity contribution < 1.29 is 9.16 Å². The van der Waals surface area contributed by atoms with E-state index in [-0.39, 0.29) is 6.10 Å². The van der Waals surface area contributed by atoms with Gasteiger partial charge in [0, 0.05) is 0 Å². The van der Waals surface area contributed by atoms with Gasteiger partial charge in [0.1, 0.15) is 6.10 Å². The molecule has 1 saturated heterocycles. The molecule has 3 heteroatoms. The van der Waals surface area contributed by atoms with Crippen molar-refractivity contribution in [3.05, 3.63) is 0 Å². The Balaban J connectivity index is 2.49. The summed E-state index contributed by atoms with van der Waals surface area (Å²) in [6.45, 7) is 14.4. The highest BCUT2D eigenvalue weighted by Gasteiger charge is 2.41. The molecule has 0 aromatic rings.